The van der Waals surface area contributed by atoms with Crippen LogP contribution < -0.4 is 0 Å². The topological polar surface area (TPSA) is 108 Å². The van der Waals surface area contributed by atoms with Crippen LogP contribution in [-0.2, 0) is 19.6 Å². The number of carbonyl (C=O) groups is 2. The Kier molecular flexibility index (Phi) is 5.29. The van der Waals surface area contributed by atoms with Crippen LogP contribution in [-0.4, -0.2) is 65.3 Å². The van der Waals surface area contributed by atoms with E-state index in [0.717, 1.165) is 10.5 Å². The molecule has 0 aromatic carbocycles. The minimum atomic E-state index is -4.08. The summed E-state index contributed by atoms with van der Waals surface area (Å²) in [6.07, 6.45) is 1.07. The van der Waals surface area contributed by atoms with Crippen LogP contribution in [0.25, 0.3) is 0 Å². The highest BCUT2D eigenvalue weighted by Crippen LogP contribution is 2.27. The third-order valence-electron chi connectivity index (χ3n) is 3.44. The van der Waals surface area contributed by atoms with Gasteiger partial charge in [0.25, 0.3) is 0 Å². The Morgan fingerprint density at radius 1 is 1.43 bits per heavy atom. The molecule has 0 bridgehead atoms. The zero-order valence-electron chi connectivity index (χ0n) is 11.9. The summed E-state index contributed by atoms with van der Waals surface area (Å²) in [6.45, 7) is 1.12. The first-order valence-electron chi connectivity index (χ1n) is 6.46. The lowest BCUT2D eigenvalue weighted by atomic mass is 10.2. The number of rotatable bonds is 3. The number of pyridine rings is 1. The van der Waals surface area contributed by atoms with E-state index in [1.165, 1.54) is 17.9 Å². The van der Waals surface area contributed by atoms with E-state index >= 15 is 0 Å². The minimum Gasteiger partial charge on any atom is -0.480 e. The van der Waals surface area contributed by atoms with Crippen molar-refractivity contribution in [1.82, 2.24) is 14.2 Å². The molecule has 1 amide bonds. The van der Waals surface area contributed by atoms with Crippen LogP contribution in [0.3, 0.4) is 0 Å². The van der Waals surface area contributed by atoms with Gasteiger partial charge in [-0.05, 0) is 22.0 Å². The van der Waals surface area contributed by atoms with E-state index in [9.17, 15) is 23.1 Å². The van der Waals surface area contributed by atoms with Crippen molar-refractivity contribution in [2.45, 2.75) is 17.9 Å². The minimum absolute atomic E-state index is 0.0973. The van der Waals surface area contributed by atoms with E-state index in [1.54, 1.807) is 0 Å². The quantitative estimate of drug-likeness (QED) is 0.716. The molecule has 1 aromatic rings. The van der Waals surface area contributed by atoms with Crippen LogP contribution in [0.5, 0.6) is 0 Å². The van der Waals surface area contributed by atoms with Gasteiger partial charge < -0.3 is 10.0 Å². The van der Waals surface area contributed by atoms with Crippen LogP contribution in [0.15, 0.2) is 21.6 Å². The van der Waals surface area contributed by atoms with E-state index in [4.69, 9.17) is 11.6 Å². The van der Waals surface area contributed by atoms with Crippen LogP contribution in [0.4, 0.5) is 0 Å². The van der Waals surface area contributed by atoms with E-state index in [2.05, 4.69) is 20.9 Å². The molecule has 126 valence electrons. The molecular weight excluding hydrogens is 414 g/mol. The van der Waals surface area contributed by atoms with E-state index in [1.807, 2.05) is 0 Å². The van der Waals surface area contributed by atoms with E-state index < -0.39 is 22.0 Å². The van der Waals surface area contributed by atoms with Gasteiger partial charge in [-0.2, -0.15) is 4.31 Å². The number of halogens is 2. The van der Waals surface area contributed by atoms with Crippen LogP contribution in [0, 0.1) is 0 Å². The molecule has 1 aliphatic rings. The normalized spacial score (nSPS) is 19.6. The molecule has 2 heterocycles. The summed E-state index contributed by atoms with van der Waals surface area (Å²) in [5, 5.41) is 9.42. The fourth-order valence-corrected chi connectivity index (χ4v) is 4.36. The third-order valence-corrected chi connectivity index (χ3v) is 6.45. The second kappa shape index (κ2) is 6.71. The molecule has 1 saturated heterocycles. The Hall–Kier alpha value is -1.23. The average Bonchev–Trinajstić information content (AvgIpc) is 2.49. The van der Waals surface area contributed by atoms with Gasteiger partial charge in [0.1, 0.15) is 16.1 Å². The zero-order chi connectivity index (χ0) is 17.4. The van der Waals surface area contributed by atoms with Crippen LogP contribution >= 0.6 is 27.5 Å². The summed E-state index contributed by atoms with van der Waals surface area (Å²) < 4.78 is 26.5. The summed E-state index contributed by atoms with van der Waals surface area (Å²) in [6, 6.07) is -0.0897. The van der Waals surface area contributed by atoms with Crippen molar-refractivity contribution in [2.24, 2.45) is 0 Å². The number of aliphatic carboxylic acids is 1. The van der Waals surface area contributed by atoms with Crippen LogP contribution in [0.2, 0.25) is 5.15 Å². The molecule has 0 aliphatic carbocycles. The molecule has 1 unspecified atom stereocenters. The van der Waals surface area contributed by atoms with E-state index in [0.29, 0.717) is 0 Å². The monoisotopic (exact) mass is 425 g/mol. The van der Waals surface area contributed by atoms with Gasteiger partial charge in [0.15, 0.2) is 0 Å². The van der Waals surface area contributed by atoms with Crippen molar-refractivity contribution in [3.05, 3.63) is 21.9 Å². The van der Waals surface area contributed by atoms with Crippen molar-refractivity contribution in [3.8, 4) is 0 Å². The highest BCUT2D eigenvalue weighted by atomic mass is 79.9. The summed E-state index contributed by atoms with van der Waals surface area (Å²) in [5.74, 6) is -1.62. The molecule has 1 fully saturated rings. The molecule has 1 N–H and O–H groups in total. The van der Waals surface area contributed by atoms with Gasteiger partial charge in [-0.25, -0.2) is 13.4 Å². The number of carbonyl (C=O) groups excluding carboxylic acids is 1. The molecule has 8 nitrogen and oxygen atoms in total. The molecule has 1 aromatic heterocycles. The van der Waals surface area contributed by atoms with Crippen LogP contribution in [0.1, 0.15) is 6.92 Å². The number of hydrogen-bond donors (Lipinski definition) is 1. The molecule has 0 radical (unpaired) electrons. The van der Waals surface area contributed by atoms with Gasteiger partial charge in [-0.1, -0.05) is 11.6 Å². The molecule has 11 heteroatoms. The molecular formula is C12H13BrClN3O5S. The lowest BCUT2D eigenvalue weighted by Gasteiger charge is -2.37. The predicted octanol–water partition coefficient (Wildman–Crippen LogP) is 0.804. The Morgan fingerprint density at radius 2 is 2.09 bits per heavy atom. The van der Waals surface area contributed by atoms with Crippen molar-refractivity contribution in [1.29, 1.82) is 0 Å². The van der Waals surface area contributed by atoms with Crippen molar-refractivity contribution >= 4 is 49.4 Å². The maximum atomic E-state index is 12.7. The maximum absolute atomic E-state index is 12.7. The Bertz CT molecular complexity index is 757. The number of amides is 1. The molecule has 1 atom stereocenters. The number of hydrogen-bond acceptors (Lipinski definition) is 5. The number of carboxylic acid groups (broad SMARTS) is 1. The van der Waals surface area contributed by atoms with Gasteiger partial charge in [-0.3, -0.25) is 9.59 Å². The second-order valence-electron chi connectivity index (χ2n) is 4.88. The summed E-state index contributed by atoms with van der Waals surface area (Å²) in [5.41, 5.74) is 0. The molecule has 1 aliphatic heterocycles. The van der Waals surface area contributed by atoms with Gasteiger partial charge >= 0.3 is 5.97 Å². The molecule has 2 rings (SSSR count). The van der Waals surface area contributed by atoms with Gasteiger partial charge in [0.05, 0.1) is 4.47 Å². The molecule has 0 spiro atoms. The highest BCUT2D eigenvalue weighted by molar-refractivity contribution is 9.10. The Morgan fingerprint density at radius 3 is 2.61 bits per heavy atom. The Labute approximate surface area is 146 Å². The molecule has 0 saturated carbocycles. The summed E-state index contributed by atoms with van der Waals surface area (Å²) in [7, 11) is -4.08. The highest BCUT2D eigenvalue weighted by Gasteiger charge is 2.41. The number of piperazine rings is 1. The van der Waals surface area contributed by atoms with Crippen molar-refractivity contribution < 1.29 is 23.1 Å². The van der Waals surface area contributed by atoms with Gasteiger partial charge in [0.2, 0.25) is 15.9 Å². The zero-order valence-corrected chi connectivity index (χ0v) is 15.1. The SMILES string of the molecule is CC(=O)N1CCN(S(=O)(=O)c2cnc(Cl)c(Br)c2)C(C(=O)O)C1. The fraction of sp³-hybridized carbons (Fsp3) is 0.417. The maximum Gasteiger partial charge on any atom is 0.323 e. The van der Waals surface area contributed by atoms with E-state index in [-0.39, 0.29) is 40.1 Å². The standard InChI is InChI=1S/C12H13BrClN3O5S/c1-7(18)16-2-3-17(10(6-16)12(19)20)23(21,22)8-4-9(13)11(14)15-5-8/h4-5,10H,2-3,6H2,1H3,(H,19,20). The smallest absolute Gasteiger partial charge is 0.323 e. The first-order chi connectivity index (χ1) is 10.6. The van der Waals surface area contributed by atoms with Crippen molar-refractivity contribution in [3.63, 3.8) is 0 Å². The number of aromatic nitrogens is 1. The third kappa shape index (κ3) is 3.65. The lowest BCUT2D eigenvalue weighted by molar-refractivity contribution is -0.145. The van der Waals surface area contributed by atoms with Gasteiger partial charge in [0, 0.05) is 32.8 Å². The average molecular weight is 427 g/mol. The first kappa shape index (κ1) is 18.1. The number of sulfonamides is 1. The summed E-state index contributed by atoms with van der Waals surface area (Å²) in [4.78, 5) is 27.7. The van der Waals surface area contributed by atoms with Crippen molar-refractivity contribution in [2.75, 3.05) is 19.6 Å². The number of nitrogens with zero attached hydrogens (tertiary/aromatic N) is 3. The lowest BCUT2D eigenvalue weighted by Crippen LogP contribution is -2.58. The summed E-state index contributed by atoms with van der Waals surface area (Å²) >= 11 is 8.83. The first-order valence-corrected chi connectivity index (χ1v) is 9.07. The van der Waals surface area contributed by atoms with Gasteiger partial charge in [-0.15, -0.1) is 0 Å². The largest absolute Gasteiger partial charge is 0.480 e. The second-order valence-corrected chi connectivity index (χ2v) is 7.98. The molecule has 23 heavy (non-hydrogen) atoms. The number of carboxylic acids is 1. The predicted molar refractivity (Wildman–Crippen MR) is 84.5 cm³/mol. The Balaban J connectivity index is 2.39. The fourth-order valence-electron chi connectivity index (χ4n) is 2.22.